The molecule has 2 aromatic rings. The molecule has 0 saturated heterocycles. The number of allylic oxidation sites excluding steroid dienone is 1. The summed E-state index contributed by atoms with van der Waals surface area (Å²) in [4.78, 5) is 7.34. The second-order valence-corrected chi connectivity index (χ2v) is 16.5. The van der Waals surface area contributed by atoms with E-state index in [0.717, 1.165) is 78.4 Å². The van der Waals surface area contributed by atoms with Crippen molar-refractivity contribution in [2.75, 3.05) is 31.8 Å². The SMILES string of the molecule is C=CCOC12Oc3ccc(Oc4ccc(SC)cc4)cc3C3C(CCCCO)C(CCCCO)C=C(C(=NOC(C)(C)C)CC1SCC)C32. The van der Waals surface area contributed by atoms with Crippen LogP contribution in [-0.2, 0) is 9.57 Å². The first-order valence-corrected chi connectivity index (χ1v) is 20.2. The topological polar surface area (TPSA) is 89.7 Å². The molecule has 0 spiro atoms. The number of hydrogen-bond donors (Lipinski definition) is 2. The minimum Gasteiger partial charge on any atom is -0.460 e. The number of ether oxygens (including phenoxy) is 3. The Kier molecular flexibility index (Phi) is 13.3. The van der Waals surface area contributed by atoms with Crippen molar-refractivity contribution in [1.82, 2.24) is 0 Å². The van der Waals surface area contributed by atoms with Crippen LogP contribution in [0.5, 0.6) is 17.2 Å². The van der Waals surface area contributed by atoms with Gasteiger partial charge in [0.25, 0.3) is 0 Å². The Balaban J connectivity index is 1.70. The van der Waals surface area contributed by atoms with Crippen LogP contribution in [0.3, 0.4) is 0 Å². The van der Waals surface area contributed by atoms with Crippen molar-refractivity contribution >= 4 is 29.2 Å². The lowest BCUT2D eigenvalue weighted by atomic mass is 9.56. The summed E-state index contributed by atoms with van der Waals surface area (Å²) in [6.45, 7) is 13.0. The Morgan fingerprint density at radius 1 is 1.02 bits per heavy atom. The molecular weight excluding hydrogens is 655 g/mol. The molecule has 1 heterocycles. The zero-order chi connectivity index (χ0) is 35.0. The number of benzene rings is 2. The second-order valence-electron chi connectivity index (χ2n) is 14.2. The minimum atomic E-state index is -0.944. The summed E-state index contributed by atoms with van der Waals surface area (Å²) in [6.07, 6.45) is 12.2. The number of unbranched alkanes of at least 4 members (excludes halogenated alkanes) is 2. The number of hydrogen-bond acceptors (Lipinski definition) is 9. The van der Waals surface area contributed by atoms with E-state index >= 15 is 0 Å². The van der Waals surface area contributed by atoms with Crippen LogP contribution < -0.4 is 9.47 Å². The van der Waals surface area contributed by atoms with Crippen molar-refractivity contribution in [2.24, 2.45) is 22.9 Å². The molecule has 2 aliphatic carbocycles. The summed E-state index contributed by atoms with van der Waals surface area (Å²) in [5, 5.41) is 24.4. The van der Waals surface area contributed by atoms with E-state index < -0.39 is 11.4 Å². The van der Waals surface area contributed by atoms with Crippen molar-refractivity contribution in [2.45, 2.75) is 100 Å². The Bertz CT molecular complexity index is 1450. The fourth-order valence-electron chi connectivity index (χ4n) is 7.71. The van der Waals surface area contributed by atoms with Gasteiger partial charge in [0.2, 0.25) is 5.79 Å². The maximum absolute atomic E-state index is 9.82. The molecule has 3 aliphatic rings. The van der Waals surface area contributed by atoms with Gasteiger partial charge in [0.15, 0.2) is 0 Å². The highest BCUT2D eigenvalue weighted by Gasteiger charge is 2.63. The lowest BCUT2D eigenvalue weighted by Crippen LogP contribution is -2.64. The van der Waals surface area contributed by atoms with E-state index in [-0.39, 0.29) is 42.1 Å². The van der Waals surface area contributed by atoms with Crippen LogP contribution >= 0.6 is 23.5 Å². The monoisotopic (exact) mass is 709 g/mol. The molecule has 2 aromatic carbocycles. The number of oxime groups is 1. The summed E-state index contributed by atoms with van der Waals surface area (Å²) in [7, 11) is 0. The second kappa shape index (κ2) is 17.2. The number of nitrogens with zero attached hydrogens (tertiary/aromatic N) is 1. The Morgan fingerprint density at radius 2 is 1.73 bits per heavy atom. The molecule has 5 rings (SSSR count). The fourth-order valence-corrected chi connectivity index (χ4v) is 9.29. The maximum Gasteiger partial charge on any atom is 0.230 e. The maximum atomic E-state index is 9.82. The summed E-state index contributed by atoms with van der Waals surface area (Å²) < 4.78 is 20.6. The van der Waals surface area contributed by atoms with Crippen LogP contribution in [-0.4, -0.2) is 64.4 Å². The molecule has 6 unspecified atom stereocenters. The van der Waals surface area contributed by atoms with Crippen molar-refractivity contribution in [3.05, 3.63) is 72.3 Å². The predicted octanol–water partition coefficient (Wildman–Crippen LogP) is 9.39. The van der Waals surface area contributed by atoms with E-state index in [9.17, 15) is 10.2 Å². The normalized spacial score (nSPS) is 26.7. The van der Waals surface area contributed by atoms with Gasteiger partial charge in [-0.1, -0.05) is 37.1 Å². The zero-order valence-corrected chi connectivity index (χ0v) is 31.5. The molecular formula is C40H55NO6S2. The highest BCUT2D eigenvalue weighted by Crippen LogP contribution is 2.62. The fraction of sp³-hybridized carbons (Fsp3) is 0.575. The van der Waals surface area contributed by atoms with Gasteiger partial charge in [-0.2, -0.15) is 11.8 Å². The summed E-state index contributed by atoms with van der Waals surface area (Å²) >= 11 is 3.56. The molecule has 0 radical (unpaired) electrons. The van der Waals surface area contributed by atoms with Crippen LogP contribution in [0.15, 0.2) is 76.8 Å². The molecule has 0 bridgehead atoms. The summed E-state index contributed by atoms with van der Waals surface area (Å²) in [5.41, 5.74) is 2.78. The van der Waals surface area contributed by atoms with Gasteiger partial charge >= 0.3 is 0 Å². The Hall–Kier alpha value is -2.43. The molecule has 49 heavy (non-hydrogen) atoms. The van der Waals surface area contributed by atoms with Gasteiger partial charge in [0.05, 0.1) is 23.5 Å². The molecule has 1 fully saturated rings. The standard InChI is InChI=1S/C40H55NO6S2/c1-7-23-44-40-36(49-8-2)26-34(41-47-39(3,4)5)32-24-27(13-9-11-21-42)31(14-10-12-22-43)37(38(32)40)33-25-29(17-20-35(33)46-40)45-28-15-18-30(48-6)19-16-28/h7,15-20,24-25,27,31,36-38,42-43H,1,8-14,21-23,26H2,2-6H3. The van der Waals surface area contributed by atoms with Gasteiger partial charge in [0, 0.05) is 36.0 Å². The first-order chi connectivity index (χ1) is 23.7. The lowest BCUT2D eigenvalue weighted by Gasteiger charge is -2.58. The molecule has 6 atom stereocenters. The first kappa shape index (κ1) is 37.8. The van der Waals surface area contributed by atoms with Gasteiger partial charge in [0.1, 0.15) is 22.8 Å². The highest BCUT2D eigenvalue weighted by atomic mass is 32.2. The largest absolute Gasteiger partial charge is 0.460 e. The first-order valence-electron chi connectivity index (χ1n) is 17.9. The lowest BCUT2D eigenvalue weighted by molar-refractivity contribution is -0.223. The summed E-state index contributed by atoms with van der Waals surface area (Å²) in [5.74, 6) is 2.71. The van der Waals surface area contributed by atoms with Crippen LogP contribution in [0.25, 0.3) is 0 Å². The quantitative estimate of drug-likeness (QED) is 0.0727. The number of aliphatic hydroxyl groups excluding tert-OH is 2. The van der Waals surface area contributed by atoms with E-state index in [4.69, 9.17) is 24.2 Å². The average Bonchev–Trinajstić information content (AvgIpc) is 3.09. The molecule has 1 aliphatic heterocycles. The highest BCUT2D eigenvalue weighted by molar-refractivity contribution is 8.00. The number of thioether (sulfide) groups is 2. The number of rotatable bonds is 17. The molecule has 2 N–H and O–H groups in total. The van der Waals surface area contributed by atoms with Gasteiger partial charge < -0.3 is 29.3 Å². The third-order valence-electron chi connectivity index (χ3n) is 9.71. The number of aliphatic hydroxyl groups is 2. The van der Waals surface area contributed by atoms with Crippen molar-refractivity contribution in [1.29, 1.82) is 0 Å². The van der Waals surface area contributed by atoms with Crippen LogP contribution in [0.4, 0.5) is 0 Å². The minimum absolute atomic E-state index is 0.0347. The molecule has 268 valence electrons. The summed E-state index contributed by atoms with van der Waals surface area (Å²) in [6, 6.07) is 14.4. The molecule has 7 nitrogen and oxygen atoms in total. The average molecular weight is 710 g/mol. The van der Waals surface area contributed by atoms with Crippen LogP contribution in [0.1, 0.15) is 84.1 Å². The smallest absolute Gasteiger partial charge is 0.230 e. The van der Waals surface area contributed by atoms with Crippen molar-refractivity contribution in [3.63, 3.8) is 0 Å². The van der Waals surface area contributed by atoms with E-state index in [0.29, 0.717) is 13.0 Å². The molecule has 1 saturated carbocycles. The van der Waals surface area contributed by atoms with E-state index in [1.54, 1.807) is 11.8 Å². The van der Waals surface area contributed by atoms with E-state index in [1.807, 2.05) is 56.8 Å². The zero-order valence-electron chi connectivity index (χ0n) is 29.9. The Labute approximate surface area is 301 Å². The van der Waals surface area contributed by atoms with Crippen LogP contribution in [0.2, 0.25) is 0 Å². The van der Waals surface area contributed by atoms with Gasteiger partial charge in [-0.3, -0.25) is 0 Å². The van der Waals surface area contributed by atoms with E-state index in [1.165, 1.54) is 4.90 Å². The molecule has 0 aromatic heterocycles. The predicted molar refractivity (Wildman–Crippen MR) is 202 cm³/mol. The van der Waals surface area contributed by atoms with E-state index in [2.05, 4.69) is 50.1 Å². The third-order valence-corrected chi connectivity index (χ3v) is 11.7. The number of fused-ring (bicyclic) bond motifs is 2. The van der Waals surface area contributed by atoms with Crippen molar-refractivity contribution in [3.8, 4) is 17.2 Å². The van der Waals surface area contributed by atoms with Crippen LogP contribution in [0, 0.1) is 17.8 Å². The Morgan fingerprint density at radius 3 is 2.39 bits per heavy atom. The molecule has 0 amide bonds. The van der Waals surface area contributed by atoms with Gasteiger partial charge in [-0.05, 0) is 118 Å². The van der Waals surface area contributed by atoms with Gasteiger partial charge in [-0.25, -0.2) is 0 Å². The molecule has 9 heteroatoms. The third kappa shape index (κ3) is 8.73. The van der Waals surface area contributed by atoms with Gasteiger partial charge in [-0.15, -0.1) is 18.3 Å². The van der Waals surface area contributed by atoms with Crippen molar-refractivity contribution < 1.29 is 29.3 Å².